The zero-order chi connectivity index (χ0) is 16.3. The van der Waals surface area contributed by atoms with Gasteiger partial charge in [-0.15, -0.1) is 0 Å². The third-order valence-corrected chi connectivity index (χ3v) is 3.13. The molecule has 2 heterocycles. The summed E-state index contributed by atoms with van der Waals surface area (Å²) in [5.74, 6) is -1.03. The molecule has 0 atom stereocenters. The highest BCUT2D eigenvalue weighted by Crippen LogP contribution is 2.15. The maximum Gasteiger partial charge on any atom is 0.407 e. The number of carboxylic acid groups (broad SMARTS) is 1. The van der Waals surface area contributed by atoms with Gasteiger partial charge in [0.25, 0.3) is 0 Å². The molecule has 0 radical (unpaired) electrons. The number of pyridine rings is 1. The summed E-state index contributed by atoms with van der Waals surface area (Å²) in [6, 6.07) is 3.42. The summed E-state index contributed by atoms with van der Waals surface area (Å²) in [4.78, 5) is 28.4. The lowest BCUT2D eigenvalue weighted by atomic mass is 10.1. The van der Waals surface area contributed by atoms with Crippen molar-refractivity contribution in [1.29, 1.82) is 0 Å². The zero-order valence-corrected chi connectivity index (χ0v) is 13.0. The number of hydrogen-bond donors (Lipinski definition) is 2. The van der Waals surface area contributed by atoms with E-state index in [0.717, 1.165) is 5.56 Å². The van der Waals surface area contributed by atoms with E-state index in [9.17, 15) is 9.59 Å². The van der Waals surface area contributed by atoms with Gasteiger partial charge in [-0.05, 0) is 38.5 Å². The van der Waals surface area contributed by atoms with Crippen molar-refractivity contribution < 1.29 is 19.4 Å². The summed E-state index contributed by atoms with van der Waals surface area (Å²) in [6.45, 7) is 7.53. The van der Waals surface area contributed by atoms with Crippen molar-refractivity contribution in [3.05, 3.63) is 29.6 Å². The van der Waals surface area contributed by atoms with Gasteiger partial charge in [-0.3, -0.25) is 4.90 Å². The normalized spacial score (nSPS) is 16.0. The van der Waals surface area contributed by atoms with Gasteiger partial charge < -0.3 is 15.2 Å². The van der Waals surface area contributed by atoms with E-state index in [1.54, 1.807) is 12.1 Å². The minimum atomic E-state index is -1.03. The number of carbonyl (C=O) groups is 2. The molecule has 120 valence electrons. The van der Waals surface area contributed by atoms with Crippen LogP contribution in [-0.2, 0) is 11.3 Å². The number of rotatable bonds is 4. The second kappa shape index (κ2) is 6.31. The fourth-order valence-corrected chi connectivity index (χ4v) is 2.21. The highest BCUT2D eigenvalue weighted by molar-refractivity contribution is 5.85. The molecule has 2 rings (SSSR count). The van der Waals surface area contributed by atoms with Crippen LogP contribution < -0.4 is 5.32 Å². The average molecular weight is 307 g/mol. The van der Waals surface area contributed by atoms with Crippen LogP contribution in [0.15, 0.2) is 18.3 Å². The first-order valence-corrected chi connectivity index (χ1v) is 7.13. The topological polar surface area (TPSA) is 91.8 Å². The molecule has 2 N–H and O–H groups in total. The first-order valence-electron chi connectivity index (χ1n) is 7.13. The van der Waals surface area contributed by atoms with Gasteiger partial charge in [-0.1, -0.05) is 0 Å². The molecule has 1 saturated heterocycles. The van der Waals surface area contributed by atoms with E-state index in [1.807, 2.05) is 20.8 Å². The molecule has 22 heavy (non-hydrogen) atoms. The summed E-state index contributed by atoms with van der Waals surface area (Å²) in [5, 5.41) is 11.7. The Morgan fingerprint density at radius 3 is 2.73 bits per heavy atom. The third-order valence-electron chi connectivity index (χ3n) is 3.13. The van der Waals surface area contributed by atoms with Crippen molar-refractivity contribution in [3.8, 4) is 0 Å². The molecular weight excluding hydrogens is 286 g/mol. The standard InChI is InChI=1S/C15H21N3O4/c1-15(2,3)22-14(21)17-11-8-18(9-11)7-10-4-5-16-12(6-10)13(19)20/h4-6,11H,7-9H2,1-3H3,(H,17,21)(H,19,20). The molecule has 7 nitrogen and oxygen atoms in total. The molecule has 1 aliphatic heterocycles. The molecular formula is C15H21N3O4. The Balaban J connectivity index is 1.77. The lowest BCUT2D eigenvalue weighted by molar-refractivity contribution is 0.0391. The first-order chi connectivity index (χ1) is 10.2. The van der Waals surface area contributed by atoms with Gasteiger partial charge >= 0.3 is 12.1 Å². The van der Waals surface area contributed by atoms with Crippen LogP contribution in [0, 0.1) is 0 Å². The van der Waals surface area contributed by atoms with Crippen LogP contribution in [0.25, 0.3) is 0 Å². The minimum Gasteiger partial charge on any atom is -0.477 e. The number of likely N-dealkylation sites (tertiary alicyclic amines) is 1. The van der Waals surface area contributed by atoms with E-state index in [0.29, 0.717) is 19.6 Å². The number of aromatic carboxylic acids is 1. The Morgan fingerprint density at radius 2 is 2.14 bits per heavy atom. The molecule has 0 saturated carbocycles. The maximum absolute atomic E-state index is 11.6. The number of nitrogens with zero attached hydrogens (tertiary/aromatic N) is 2. The van der Waals surface area contributed by atoms with Crippen molar-refractivity contribution in [2.45, 2.75) is 39.0 Å². The maximum atomic E-state index is 11.6. The Labute approximate surface area is 129 Å². The van der Waals surface area contributed by atoms with Crippen molar-refractivity contribution in [3.63, 3.8) is 0 Å². The second-order valence-electron chi connectivity index (χ2n) is 6.39. The number of carbonyl (C=O) groups excluding carboxylic acids is 1. The molecule has 0 aliphatic carbocycles. The number of amides is 1. The largest absolute Gasteiger partial charge is 0.477 e. The third kappa shape index (κ3) is 4.70. The number of carboxylic acids is 1. The molecule has 1 aromatic heterocycles. The zero-order valence-electron chi connectivity index (χ0n) is 13.0. The average Bonchev–Trinajstić information content (AvgIpc) is 2.34. The SMILES string of the molecule is CC(C)(C)OC(=O)NC1CN(Cc2ccnc(C(=O)O)c2)C1. The molecule has 1 aliphatic rings. The molecule has 1 aromatic rings. The van der Waals surface area contributed by atoms with Gasteiger partial charge in [0.15, 0.2) is 0 Å². The Morgan fingerprint density at radius 1 is 1.45 bits per heavy atom. The van der Waals surface area contributed by atoms with Crippen molar-refractivity contribution in [1.82, 2.24) is 15.2 Å². The summed E-state index contributed by atoms with van der Waals surface area (Å²) in [7, 11) is 0. The van der Waals surface area contributed by atoms with Crippen molar-refractivity contribution in [2.24, 2.45) is 0 Å². The number of ether oxygens (including phenoxy) is 1. The predicted octanol–water partition coefficient (Wildman–Crippen LogP) is 1.49. The molecule has 1 fully saturated rings. The summed E-state index contributed by atoms with van der Waals surface area (Å²) in [6.07, 6.45) is 1.09. The van der Waals surface area contributed by atoms with E-state index >= 15 is 0 Å². The monoisotopic (exact) mass is 307 g/mol. The number of aromatic nitrogens is 1. The van der Waals surface area contributed by atoms with Crippen LogP contribution in [0.4, 0.5) is 4.79 Å². The van der Waals surface area contributed by atoms with E-state index < -0.39 is 17.7 Å². The molecule has 0 spiro atoms. The molecule has 0 aromatic carbocycles. The highest BCUT2D eigenvalue weighted by atomic mass is 16.6. The number of alkyl carbamates (subject to hydrolysis) is 1. The number of hydrogen-bond acceptors (Lipinski definition) is 5. The highest BCUT2D eigenvalue weighted by Gasteiger charge is 2.29. The Bertz CT molecular complexity index is 562. The van der Waals surface area contributed by atoms with Crippen molar-refractivity contribution in [2.75, 3.05) is 13.1 Å². The Hall–Kier alpha value is -2.15. The minimum absolute atomic E-state index is 0.0430. The quantitative estimate of drug-likeness (QED) is 0.875. The molecule has 7 heteroatoms. The van der Waals surface area contributed by atoms with E-state index in [-0.39, 0.29) is 11.7 Å². The Kier molecular flexibility index (Phi) is 4.65. The van der Waals surface area contributed by atoms with Gasteiger partial charge in [0.1, 0.15) is 11.3 Å². The van der Waals surface area contributed by atoms with Crippen LogP contribution in [0.1, 0.15) is 36.8 Å². The lowest BCUT2D eigenvalue weighted by Gasteiger charge is -2.39. The summed E-state index contributed by atoms with van der Waals surface area (Å²) in [5.41, 5.74) is 0.433. The van der Waals surface area contributed by atoms with Gasteiger partial charge in [0.05, 0.1) is 6.04 Å². The lowest BCUT2D eigenvalue weighted by Crippen LogP contribution is -2.59. The van der Waals surface area contributed by atoms with E-state index in [1.165, 1.54) is 6.20 Å². The van der Waals surface area contributed by atoms with E-state index in [2.05, 4.69) is 15.2 Å². The van der Waals surface area contributed by atoms with Crippen molar-refractivity contribution >= 4 is 12.1 Å². The van der Waals surface area contributed by atoms with E-state index in [4.69, 9.17) is 9.84 Å². The van der Waals surface area contributed by atoms with Crippen LogP contribution >= 0.6 is 0 Å². The summed E-state index contributed by atoms with van der Waals surface area (Å²) >= 11 is 0. The smallest absolute Gasteiger partial charge is 0.407 e. The van der Waals surface area contributed by atoms with Crippen LogP contribution in [0.2, 0.25) is 0 Å². The molecule has 1 amide bonds. The number of nitrogens with one attached hydrogen (secondary N) is 1. The second-order valence-corrected chi connectivity index (χ2v) is 6.39. The molecule has 0 bridgehead atoms. The fourth-order valence-electron chi connectivity index (χ4n) is 2.21. The first kappa shape index (κ1) is 16.2. The van der Waals surface area contributed by atoms with Gasteiger partial charge in [0, 0.05) is 25.8 Å². The summed E-state index contributed by atoms with van der Waals surface area (Å²) < 4.78 is 5.20. The fraction of sp³-hybridized carbons (Fsp3) is 0.533. The predicted molar refractivity (Wildman–Crippen MR) is 79.6 cm³/mol. The van der Waals surface area contributed by atoms with Crippen LogP contribution in [0.3, 0.4) is 0 Å². The molecule has 0 unspecified atom stereocenters. The van der Waals surface area contributed by atoms with Gasteiger partial charge in [0.2, 0.25) is 0 Å². The van der Waals surface area contributed by atoms with Crippen LogP contribution in [0.5, 0.6) is 0 Å². The van der Waals surface area contributed by atoms with Gasteiger partial charge in [-0.2, -0.15) is 0 Å². The van der Waals surface area contributed by atoms with Crippen LogP contribution in [-0.4, -0.2) is 51.8 Å². The van der Waals surface area contributed by atoms with Gasteiger partial charge in [-0.25, -0.2) is 14.6 Å².